The van der Waals surface area contributed by atoms with Gasteiger partial charge in [0, 0.05) is 12.6 Å². The Morgan fingerprint density at radius 1 is 1.41 bits per heavy atom. The summed E-state index contributed by atoms with van der Waals surface area (Å²) in [5, 5.41) is 13.7. The number of nitrogens with zero attached hydrogens (tertiary/aromatic N) is 1. The average Bonchev–Trinajstić information content (AvgIpc) is 2.34. The molecule has 0 aromatic heterocycles. The molecule has 1 aromatic carbocycles. The van der Waals surface area contributed by atoms with E-state index in [1.54, 1.807) is 0 Å². The molecule has 1 N–H and O–H groups in total. The second kappa shape index (κ2) is 6.70. The number of methoxy groups -OCH3 is 1. The monoisotopic (exact) mass is 240 g/mol. The summed E-state index contributed by atoms with van der Waals surface area (Å²) in [7, 11) is 1.50. The van der Waals surface area contributed by atoms with Gasteiger partial charge in [-0.3, -0.25) is 10.1 Å². The lowest BCUT2D eigenvalue weighted by Crippen LogP contribution is -2.20. The Morgan fingerprint density at radius 2 is 2.18 bits per heavy atom. The second-order valence-corrected chi connectivity index (χ2v) is 3.29. The topological polar surface area (TPSA) is 73.6 Å². The number of rotatable bonds is 7. The third-order valence-corrected chi connectivity index (χ3v) is 2.14. The molecule has 1 aromatic rings. The zero-order valence-corrected chi connectivity index (χ0v) is 9.93. The Bertz CT molecular complexity index is 382. The predicted molar refractivity (Wildman–Crippen MR) is 63.7 cm³/mol. The molecule has 0 unspecified atom stereocenters. The first-order valence-corrected chi connectivity index (χ1v) is 5.35. The van der Waals surface area contributed by atoms with Crippen LogP contribution in [0.1, 0.15) is 6.92 Å². The van der Waals surface area contributed by atoms with Crippen molar-refractivity contribution in [3.63, 3.8) is 0 Å². The van der Waals surface area contributed by atoms with Gasteiger partial charge in [0.05, 0.1) is 18.1 Å². The van der Waals surface area contributed by atoms with Gasteiger partial charge >= 0.3 is 0 Å². The highest BCUT2D eigenvalue weighted by Crippen LogP contribution is 2.30. The van der Waals surface area contributed by atoms with Gasteiger partial charge in [-0.15, -0.1) is 0 Å². The van der Waals surface area contributed by atoms with Gasteiger partial charge in [0.1, 0.15) is 6.61 Å². The Morgan fingerprint density at radius 3 is 2.76 bits per heavy atom. The lowest BCUT2D eigenvalue weighted by atomic mass is 10.3. The fourth-order valence-corrected chi connectivity index (χ4v) is 1.30. The Labute approximate surface area is 99.7 Å². The van der Waals surface area contributed by atoms with Crippen molar-refractivity contribution >= 4 is 5.69 Å². The molecule has 0 bridgehead atoms. The van der Waals surface area contributed by atoms with Crippen molar-refractivity contribution in [1.82, 2.24) is 5.32 Å². The third-order valence-electron chi connectivity index (χ3n) is 2.14. The molecular formula is C11H16N2O4. The summed E-state index contributed by atoms with van der Waals surface area (Å²) >= 11 is 0. The van der Waals surface area contributed by atoms with Crippen molar-refractivity contribution in [2.24, 2.45) is 0 Å². The number of hydrogen-bond donors (Lipinski definition) is 1. The van der Waals surface area contributed by atoms with Crippen LogP contribution in [0, 0.1) is 10.1 Å². The van der Waals surface area contributed by atoms with Crippen LogP contribution in [-0.2, 0) is 0 Å². The van der Waals surface area contributed by atoms with Crippen LogP contribution in [0.15, 0.2) is 18.2 Å². The van der Waals surface area contributed by atoms with Crippen molar-refractivity contribution in [2.75, 3.05) is 26.8 Å². The Hall–Kier alpha value is -1.82. The fraction of sp³-hybridized carbons (Fsp3) is 0.455. The molecule has 0 saturated carbocycles. The Kier molecular flexibility index (Phi) is 5.22. The minimum absolute atomic E-state index is 0.00995. The molecule has 0 aliphatic carbocycles. The highest BCUT2D eigenvalue weighted by atomic mass is 16.6. The molecular weight excluding hydrogens is 224 g/mol. The summed E-state index contributed by atoms with van der Waals surface area (Å²) in [6.45, 7) is 3.97. The molecule has 0 spiro atoms. The number of hydrogen-bond acceptors (Lipinski definition) is 5. The first kappa shape index (κ1) is 13.2. The molecule has 0 aliphatic heterocycles. The number of nitro benzene ring substituents is 1. The van der Waals surface area contributed by atoms with Crippen LogP contribution in [-0.4, -0.2) is 31.7 Å². The van der Waals surface area contributed by atoms with Crippen LogP contribution in [0.2, 0.25) is 0 Å². The zero-order valence-electron chi connectivity index (χ0n) is 9.93. The van der Waals surface area contributed by atoms with Crippen LogP contribution in [0.25, 0.3) is 0 Å². The lowest BCUT2D eigenvalue weighted by molar-refractivity contribution is -0.385. The van der Waals surface area contributed by atoms with Gasteiger partial charge in [0.2, 0.25) is 0 Å². The summed E-state index contributed by atoms with van der Waals surface area (Å²) in [6.07, 6.45) is 0. The summed E-state index contributed by atoms with van der Waals surface area (Å²) in [5.74, 6) is 0.881. The van der Waals surface area contributed by atoms with Gasteiger partial charge in [-0.25, -0.2) is 0 Å². The number of nitro groups is 1. The van der Waals surface area contributed by atoms with E-state index in [0.717, 1.165) is 6.54 Å². The van der Waals surface area contributed by atoms with Crippen molar-refractivity contribution in [3.05, 3.63) is 28.3 Å². The van der Waals surface area contributed by atoms with E-state index in [1.807, 2.05) is 6.92 Å². The molecule has 1 rings (SSSR count). The van der Waals surface area contributed by atoms with Gasteiger partial charge in [-0.2, -0.15) is 0 Å². The largest absolute Gasteiger partial charge is 0.493 e. The summed E-state index contributed by atoms with van der Waals surface area (Å²) in [6, 6.07) is 4.28. The van der Waals surface area contributed by atoms with E-state index >= 15 is 0 Å². The molecule has 6 nitrogen and oxygen atoms in total. The lowest BCUT2D eigenvalue weighted by Gasteiger charge is -2.10. The van der Waals surface area contributed by atoms with Gasteiger partial charge in [-0.1, -0.05) is 6.92 Å². The second-order valence-electron chi connectivity index (χ2n) is 3.29. The van der Waals surface area contributed by atoms with E-state index in [2.05, 4.69) is 5.32 Å². The molecule has 0 amide bonds. The van der Waals surface area contributed by atoms with Crippen molar-refractivity contribution in [3.8, 4) is 11.5 Å². The standard InChI is InChI=1S/C11H16N2O4/c1-3-12-6-7-17-11-8-9(13(14)15)4-5-10(11)16-2/h4-5,8,12H,3,6-7H2,1-2H3. The SMILES string of the molecule is CCNCCOc1cc([N+](=O)[O-])ccc1OC. The maximum Gasteiger partial charge on any atom is 0.273 e. The number of benzene rings is 1. The van der Waals surface area contributed by atoms with E-state index < -0.39 is 4.92 Å². The smallest absolute Gasteiger partial charge is 0.273 e. The highest BCUT2D eigenvalue weighted by Gasteiger charge is 2.12. The van der Waals surface area contributed by atoms with Crippen molar-refractivity contribution in [2.45, 2.75) is 6.92 Å². The van der Waals surface area contributed by atoms with Crippen LogP contribution in [0.5, 0.6) is 11.5 Å². The van der Waals surface area contributed by atoms with Gasteiger partial charge in [0.15, 0.2) is 11.5 Å². The van der Waals surface area contributed by atoms with E-state index in [9.17, 15) is 10.1 Å². The average molecular weight is 240 g/mol. The summed E-state index contributed by atoms with van der Waals surface area (Å²) in [5.41, 5.74) is -0.00995. The molecule has 0 heterocycles. The molecule has 0 saturated heterocycles. The van der Waals surface area contributed by atoms with Crippen LogP contribution in [0.3, 0.4) is 0 Å². The first-order valence-electron chi connectivity index (χ1n) is 5.35. The zero-order chi connectivity index (χ0) is 12.7. The maximum absolute atomic E-state index is 10.6. The molecule has 17 heavy (non-hydrogen) atoms. The quantitative estimate of drug-likeness (QED) is 0.445. The summed E-state index contributed by atoms with van der Waals surface area (Å²) in [4.78, 5) is 10.2. The van der Waals surface area contributed by atoms with Crippen molar-refractivity contribution < 1.29 is 14.4 Å². The van der Waals surface area contributed by atoms with Gasteiger partial charge < -0.3 is 14.8 Å². The number of ether oxygens (including phenoxy) is 2. The van der Waals surface area contributed by atoms with Gasteiger partial charge in [0.25, 0.3) is 5.69 Å². The highest BCUT2D eigenvalue weighted by molar-refractivity contribution is 5.48. The number of nitrogens with one attached hydrogen (secondary N) is 1. The molecule has 0 radical (unpaired) electrons. The van der Waals surface area contributed by atoms with E-state index in [1.165, 1.54) is 25.3 Å². The normalized spacial score (nSPS) is 10.0. The number of likely N-dealkylation sites (N-methyl/N-ethyl adjacent to an activating group) is 1. The van der Waals surface area contributed by atoms with E-state index in [-0.39, 0.29) is 5.69 Å². The van der Waals surface area contributed by atoms with E-state index in [0.29, 0.717) is 24.7 Å². The van der Waals surface area contributed by atoms with E-state index in [4.69, 9.17) is 9.47 Å². The first-order chi connectivity index (χ1) is 8.19. The summed E-state index contributed by atoms with van der Waals surface area (Å²) < 4.78 is 10.5. The van der Waals surface area contributed by atoms with Crippen LogP contribution >= 0.6 is 0 Å². The third kappa shape index (κ3) is 3.92. The minimum Gasteiger partial charge on any atom is -0.493 e. The predicted octanol–water partition coefficient (Wildman–Crippen LogP) is 1.59. The molecule has 0 aliphatic rings. The maximum atomic E-state index is 10.6. The van der Waals surface area contributed by atoms with Crippen LogP contribution < -0.4 is 14.8 Å². The van der Waals surface area contributed by atoms with Crippen LogP contribution in [0.4, 0.5) is 5.69 Å². The van der Waals surface area contributed by atoms with Gasteiger partial charge in [-0.05, 0) is 12.6 Å². The minimum atomic E-state index is -0.462. The molecule has 6 heteroatoms. The number of non-ortho nitro benzene ring substituents is 1. The molecule has 94 valence electrons. The van der Waals surface area contributed by atoms with Crippen molar-refractivity contribution in [1.29, 1.82) is 0 Å². The Balaban J connectivity index is 2.72. The molecule has 0 atom stereocenters. The fourth-order valence-electron chi connectivity index (χ4n) is 1.30. The molecule has 0 fully saturated rings.